The van der Waals surface area contributed by atoms with E-state index >= 15 is 0 Å². The van der Waals surface area contributed by atoms with Gasteiger partial charge in [0.25, 0.3) is 11.6 Å². The molecule has 0 aliphatic rings. The van der Waals surface area contributed by atoms with Gasteiger partial charge in [0.05, 0.1) is 24.9 Å². The summed E-state index contributed by atoms with van der Waals surface area (Å²) in [5.41, 5.74) is 2.93. The van der Waals surface area contributed by atoms with Crippen LogP contribution < -0.4 is 14.9 Å². The van der Waals surface area contributed by atoms with E-state index in [0.29, 0.717) is 23.7 Å². The number of amides is 1. The Kier molecular flexibility index (Phi) is 6.05. The molecule has 0 aromatic heterocycles. The Labute approximate surface area is 144 Å². The molecule has 0 bridgehead atoms. The molecule has 2 rings (SSSR count). The second-order valence-electron chi connectivity index (χ2n) is 4.84. The van der Waals surface area contributed by atoms with Crippen molar-refractivity contribution < 1.29 is 19.2 Å². The van der Waals surface area contributed by atoms with Gasteiger partial charge in [0, 0.05) is 23.3 Å². The van der Waals surface area contributed by atoms with Crippen LogP contribution in [0.4, 0.5) is 5.69 Å². The van der Waals surface area contributed by atoms with Crippen molar-refractivity contribution in [2.75, 3.05) is 13.7 Å². The number of non-ortho nitro benzene ring substituents is 1. The minimum Gasteiger partial charge on any atom is -0.497 e. The van der Waals surface area contributed by atoms with Crippen LogP contribution in [0, 0.1) is 10.1 Å². The fraction of sp³-hybridized carbons (Fsp3) is 0.176. The van der Waals surface area contributed by atoms with Crippen LogP contribution >= 0.6 is 0 Å². The highest BCUT2D eigenvalue weighted by Crippen LogP contribution is 2.22. The van der Waals surface area contributed by atoms with E-state index in [9.17, 15) is 14.9 Å². The fourth-order valence-electron chi connectivity index (χ4n) is 2.03. The standard InChI is InChI=1S/C17H17N3O5/c1-3-25-16-8-7-15(24-2)10-13(16)11-18-19-17(21)12-5-4-6-14(9-12)20(22)23/h4-11H,3H2,1-2H3,(H,19,21)/b18-11-. The molecule has 0 unspecified atom stereocenters. The minimum absolute atomic E-state index is 0.141. The zero-order valence-electron chi connectivity index (χ0n) is 13.8. The van der Waals surface area contributed by atoms with Gasteiger partial charge < -0.3 is 9.47 Å². The molecule has 2 aromatic rings. The van der Waals surface area contributed by atoms with E-state index in [2.05, 4.69) is 10.5 Å². The Balaban J connectivity index is 2.13. The van der Waals surface area contributed by atoms with Crippen molar-refractivity contribution in [3.63, 3.8) is 0 Å². The number of nitrogens with zero attached hydrogens (tertiary/aromatic N) is 2. The number of methoxy groups -OCH3 is 1. The molecule has 0 radical (unpaired) electrons. The molecule has 0 aliphatic carbocycles. The van der Waals surface area contributed by atoms with Crippen molar-refractivity contribution in [1.82, 2.24) is 5.43 Å². The summed E-state index contributed by atoms with van der Waals surface area (Å²) >= 11 is 0. The lowest BCUT2D eigenvalue weighted by Crippen LogP contribution is -2.17. The number of nitro benzene ring substituents is 1. The number of hydrazone groups is 1. The average Bonchev–Trinajstić information content (AvgIpc) is 2.63. The molecule has 0 atom stereocenters. The maximum absolute atomic E-state index is 12.0. The van der Waals surface area contributed by atoms with E-state index in [0.717, 1.165) is 0 Å². The smallest absolute Gasteiger partial charge is 0.271 e. The lowest BCUT2D eigenvalue weighted by atomic mass is 10.2. The normalized spacial score (nSPS) is 10.5. The van der Waals surface area contributed by atoms with Crippen molar-refractivity contribution in [3.8, 4) is 11.5 Å². The molecule has 1 amide bonds. The molecule has 0 saturated carbocycles. The summed E-state index contributed by atoms with van der Waals surface area (Å²) in [6.07, 6.45) is 1.42. The number of ether oxygens (including phenoxy) is 2. The molecule has 0 spiro atoms. The Hall–Kier alpha value is -3.42. The van der Waals surface area contributed by atoms with Crippen molar-refractivity contribution in [3.05, 3.63) is 63.7 Å². The lowest BCUT2D eigenvalue weighted by Gasteiger charge is -2.08. The first kappa shape index (κ1) is 17.9. The van der Waals surface area contributed by atoms with E-state index in [1.165, 1.54) is 30.5 Å². The molecule has 0 heterocycles. The fourth-order valence-corrected chi connectivity index (χ4v) is 2.03. The van der Waals surface area contributed by atoms with Gasteiger partial charge in [-0.25, -0.2) is 5.43 Å². The van der Waals surface area contributed by atoms with Gasteiger partial charge >= 0.3 is 0 Å². The molecule has 25 heavy (non-hydrogen) atoms. The van der Waals surface area contributed by atoms with Crippen LogP contribution in [0.5, 0.6) is 11.5 Å². The Morgan fingerprint density at radius 2 is 2.12 bits per heavy atom. The maximum atomic E-state index is 12.0. The zero-order valence-corrected chi connectivity index (χ0v) is 13.8. The monoisotopic (exact) mass is 343 g/mol. The summed E-state index contributed by atoms with van der Waals surface area (Å²) in [5.74, 6) is 0.660. The lowest BCUT2D eigenvalue weighted by molar-refractivity contribution is -0.384. The van der Waals surface area contributed by atoms with Crippen LogP contribution in [-0.4, -0.2) is 30.8 Å². The van der Waals surface area contributed by atoms with Gasteiger partial charge in [-0.05, 0) is 31.2 Å². The molecule has 1 N–H and O–H groups in total. The number of benzene rings is 2. The first-order chi connectivity index (χ1) is 12.0. The zero-order chi connectivity index (χ0) is 18.2. The molecule has 2 aromatic carbocycles. The second-order valence-corrected chi connectivity index (χ2v) is 4.84. The highest BCUT2D eigenvalue weighted by atomic mass is 16.6. The molecule has 0 fully saturated rings. The number of carbonyl (C=O) groups is 1. The SMILES string of the molecule is CCOc1ccc(OC)cc1/C=N\NC(=O)c1cccc([N+](=O)[O-])c1. The highest BCUT2D eigenvalue weighted by molar-refractivity contribution is 5.95. The molecular formula is C17H17N3O5. The number of hydrogen-bond donors (Lipinski definition) is 1. The Bertz CT molecular complexity index is 805. The Morgan fingerprint density at radius 3 is 2.80 bits per heavy atom. The van der Waals surface area contributed by atoms with E-state index in [4.69, 9.17) is 9.47 Å². The van der Waals surface area contributed by atoms with E-state index in [1.54, 1.807) is 25.3 Å². The maximum Gasteiger partial charge on any atom is 0.271 e. The topological polar surface area (TPSA) is 103 Å². The number of carbonyl (C=O) groups excluding carboxylic acids is 1. The van der Waals surface area contributed by atoms with Gasteiger partial charge in [-0.15, -0.1) is 0 Å². The molecule has 8 heteroatoms. The molecule has 0 aliphatic heterocycles. The minimum atomic E-state index is -0.565. The molecule has 130 valence electrons. The third-order valence-electron chi connectivity index (χ3n) is 3.21. The molecule has 8 nitrogen and oxygen atoms in total. The van der Waals surface area contributed by atoms with Crippen molar-refractivity contribution in [2.45, 2.75) is 6.92 Å². The van der Waals surface area contributed by atoms with E-state index < -0.39 is 10.8 Å². The second kappa shape index (κ2) is 8.44. The summed E-state index contributed by atoms with van der Waals surface area (Å²) in [7, 11) is 1.54. The third kappa shape index (κ3) is 4.77. The van der Waals surface area contributed by atoms with Crippen LogP contribution in [0.3, 0.4) is 0 Å². The van der Waals surface area contributed by atoms with Gasteiger partial charge in [-0.2, -0.15) is 5.10 Å². The van der Waals surface area contributed by atoms with Crippen LogP contribution in [0.2, 0.25) is 0 Å². The summed E-state index contributed by atoms with van der Waals surface area (Å²) in [6.45, 7) is 2.34. The first-order valence-electron chi connectivity index (χ1n) is 7.44. The highest BCUT2D eigenvalue weighted by Gasteiger charge is 2.11. The van der Waals surface area contributed by atoms with Gasteiger partial charge in [0.1, 0.15) is 11.5 Å². The van der Waals surface area contributed by atoms with E-state index in [1.807, 2.05) is 6.92 Å². The molecular weight excluding hydrogens is 326 g/mol. The summed E-state index contributed by atoms with van der Waals surface area (Å²) in [4.78, 5) is 22.2. The third-order valence-corrected chi connectivity index (χ3v) is 3.21. The van der Waals surface area contributed by atoms with Crippen molar-refractivity contribution in [2.24, 2.45) is 5.10 Å². The van der Waals surface area contributed by atoms with Crippen molar-refractivity contribution in [1.29, 1.82) is 0 Å². The van der Waals surface area contributed by atoms with Gasteiger partial charge in [-0.1, -0.05) is 6.07 Å². The van der Waals surface area contributed by atoms with Crippen LogP contribution in [-0.2, 0) is 0 Å². The largest absolute Gasteiger partial charge is 0.497 e. The van der Waals surface area contributed by atoms with Gasteiger partial charge in [-0.3, -0.25) is 14.9 Å². The van der Waals surface area contributed by atoms with Gasteiger partial charge in [0.15, 0.2) is 0 Å². The van der Waals surface area contributed by atoms with Crippen LogP contribution in [0.1, 0.15) is 22.8 Å². The number of rotatable bonds is 7. The van der Waals surface area contributed by atoms with Gasteiger partial charge in [0.2, 0.25) is 0 Å². The summed E-state index contributed by atoms with van der Waals surface area (Å²) in [6, 6.07) is 10.6. The first-order valence-corrected chi connectivity index (χ1v) is 7.44. The number of nitro groups is 1. The van der Waals surface area contributed by atoms with Crippen LogP contribution in [0.25, 0.3) is 0 Å². The van der Waals surface area contributed by atoms with Crippen molar-refractivity contribution >= 4 is 17.8 Å². The van der Waals surface area contributed by atoms with E-state index in [-0.39, 0.29) is 11.3 Å². The molecule has 0 saturated heterocycles. The summed E-state index contributed by atoms with van der Waals surface area (Å²) < 4.78 is 10.6. The predicted molar refractivity (Wildman–Crippen MR) is 92.3 cm³/mol. The number of nitrogens with one attached hydrogen (secondary N) is 1. The van der Waals surface area contributed by atoms with Crippen LogP contribution in [0.15, 0.2) is 47.6 Å². The quantitative estimate of drug-likeness (QED) is 0.473. The predicted octanol–water partition coefficient (Wildman–Crippen LogP) is 2.77. The summed E-state index contributed by atoms with van der Waals surface area (Å²) in [5, 5.41) is 14.6. The Morgan fingerprint density at radius 1 is 1.32 bits per heavy atom. The number of hydrogen-bond acceptors (Lipinski definition) is 6. The average molecular weight is 343 g/mol.